The Morgan fingerprint density at radius 2 is 1.74 bits per heavy atom. The summed E-state index contributed by atoms with van der Waals surface area (Å²) in [4.78, 5) is 41.4. The molecule has 5 rings (SSSR count). The minimum absolute atomic E-state index is 0.0165. The maximum Gasteiger partial charge on any atom is 0.410 e. The van der Waals surface area contributed by atoms with Gasteiger partial charge in [0.2, 0.25) is 0 Å². The van der Waals surface area contributed by atoms with Gasteiger partial charge in [-0.2, -0.15) is 0 Å². The van der Waals surface area contributed by atoms with Crippen molar-refractivity contribution in [1.82, 2.24) is 4.90 Å². The summed E-state index contributed by atoms with van der Waals surface area (Å²) in [7, 11) is 0. The lowest BCUT2D eigenvalue weighted by Gasteiger charge is -2.56. The molecule has 2 saturated heterocycles. The van der Waals surface area contributed by atoms with Crippen LogP contribution in [0, 0.1) is 29.6 Å². The fraction of sp³-hybridized carbons (Fsp3) is 0.889. The van der Waals surface area contributed by atoms with E-state index in [9.17, 15) is 14.4 Å². The zero-order valence-corrected chi connectivity index (χ0v) is 21.2. The molecule has 0 unspecified atom stereocenters. The molecule has 0 aromatic heterocycles. The van der Waals surface area contributed by atoms with Gasteiger partial charge in [-0.3, -0.25) is 9.59 Å². The van der Waals surface area contributed by atoms with Gasteiger partial charge >= 0.3 is 6.09 Å². The molecule has 1 amide bonds. The third kappa shape index (κ3) is 4.21. The molecular formula is C27H41NO6. The molecule has 7 nitrogen and oxygen atoms in total. The summed E-state index contributed by atoms with van der Waals surface area (Å²) in [5.74, 6) is -0.410. The van der Waals surface area contributed by atoms with E-state index < -0.39 is 11.4 Å². The number of ketones is 2. The Kier molecular flexibility index (Phi) is 6.33. The highest BCUT2D eigenvalue weighted by atomic mass is 16.7. The van der Waals surface area contributed by atoms with Gasteiger partial charge in [-0.1, -0.05) is 12.8 Å². The zero-order valence-electron chi connectivity index (χ0n) is 21.2. The quantitative estimate of drug-likeness (QED) is 0.519. The normalized spacial score (nSPS) is 40.1. The largest absolute Gasteiger partial charge is 0.444 e. The van der Waals surface area contributed by atoms with Crippen LogP contribution >= 0.6 is 0 Å². The third-order valence-electron chi connectivity index (χ3n) is 9.15. The van der Waals surface area contributed by atoms with E-state index in [1.807, 2.05) is 25.7 Å². The van der Waals surface area contributed by atoms with Crippen molar-refractivity contribution in [3.8, 4) is 0 Å². The van der Waals surface area contributed by atoms with E-state index >= 15 is 0 Å². The molecule has 34 heavy (non-hydrogen) atoms. The van der Waals surface area contributed by atoms with Gasteiger partial charge < -0.3 is 19.1 Å². The molecule has 5 aliphatic rings. The second-order valence-electron chi connectivity index (χ2n) is 12.4. The highest BCUT2D eigenvalue weighted by Gasteiger charge is 2.60. The first-order chi connectivity index (χ1) is 16.1. The molecular weight excluding hydrogens is 434 g/mol. The lowest BCUT2D eigenvalue weighted by atomic mass is 9.56. The Morgan fingerprint density at radius 3 is 2.44 bits per heavy atom. The summed E-state index contributed by atoms with van der Waals surface area (Å²) < 4.78 is 18.5. The monoisotopic (exact) mass is 475 g/mol. The van der Waals surface area contributed by atoms with E-state index in [1.54, 1.807) is 0 Å². The number of carbonyl (C=O) groups excluding carboxylic acids is 3. The number of nitrogens with zero attached hydrogens (tertiary/aromatic N) is 1. The van der Waals surface area contributed by atoms with Crippen LogP contribution in [0.1, 0.15) is 85.5 Å². The lowest BCUT2D eigenvalue weighted by molar-refractivity contribution is -0.252. The van der Waals surface area contributed by atoms with Crippen molar-refractivity contribution < 1.29 is 28.6 Å². The number of hydrogen-bond acceptors (Lipinski definition) is 6. The Morgan fingerprint density at radius 1 is 1.03 bits per heavy atom. The van der Waals surface area contributed by atoms with Gasteiger partial charge in [0.05, 0.1) is 19.6 Å². The van der Waals surface area contributed by atoms with Gasteiger partial charge in [0.25, 0.3) is 0 Å². The van der Waals surface area contributed by atoms with E-state index in [4.69, 9.17) is 14.2 Å². The van der Waals surface area contributed by atoms with Gasteiger partial charge in [-0.05, 0) is 71.6 Å². The summed E-state index contributed by atoms with van der Waals surface area (Å²) in [6, 6.07) is -0.0396. The molecule has 0 N–H and O–H groups in total. The van der Waals surface area contributed by atoms with E-state index in [0.717, 1.165) is 44.9 Å². The van der Waals surface area contributed by atoms with E-state index in [1.165, 1.54) is 0 Å². The van der Waals surface area contributed by atoms with Gasteiger partial charge in [0, 0.05) is 36.3 Å². The molecule has 1 spiro atoms. The fourth-order valence-electron chi connectivity index (χ4n) is 7.94. The molecule has 7 heteroatoms. The molecule has 2 heterocycles. The van der Waals surface area contributed by atoms with Gasteiger partial charge in [0.15, 0.2) is 5.79 Å². The number of rotatable bonds is 1. The van der Waals surface area contributed by atoms with Crippen LogP contribution < -0.4 is 0 Å². The molecule has 190 valence electrons. The van der Waals surface area contributed by atoms with Crippen molar-refractivity contribution in [2.45, 2.75) is 109 Å². The van der Waals surface area contributed by atoms with Crippen molar-refractivity contribution in [2.24, 2.45) is 29.6 Å². The maximum absolute atomic E-state index is 13.4. The van der Waals surface area contributed by atoms with Crippen molar-refractivity contribution >= 4 is 17.7 Å². The SMILES string of the molecule is C[C@H]1CC[C@@H]2[C@@H](C[C@H]([C@@H]3C(=O)CC(=O)[C@@H]4CCCC[C@@H]34)CC23OCCO3)N1C(=O)OC(C)(C)C. The second kappa shape index (κ2) is 8.88. The Balaban J connectivity index is 1.49. The first-order valence-corrected chi connectivity index (χ1v) is 13.4. The average molecular weight is 476 g/mol. The van der Waals surface area contributed by atoms with Crippen LogP contribution in [0.25, 0.3) is 0 Å². The minimum atomic E-state index is -0.750. The Labute approximate surface area is 203 Å². The first-order valence-electron chi connectivity index (χ1n) is 13.4. The number of piperidine rings is 1. The third-order valence-corrected chi connectivity index (χ3v) is 9.15. The van der Waals surface area contributed by atoms with Crippen LogP contribution in [0.3, 0.4) is 0 Å². The fourth-order valence-corrected chi connectivity index (χ4v) is 7.94. The number of amides is 1. The Bertz CT molecular complexity index is 827. The van der Waals surface area contributed by atoms with Crippen LogP contribution in [0.15, 0.2) is 0 Å². The zero-order chi connectivity index (χ0) is 24.3. The van der Waals surface area contributed by atoms with Crippen LogP contribution in [0.2, 0.25) is 0 Å². The molecule has 0 aromatic carbocycles. The van der Waals surface area contributed by atoms with Crippen molar-refractivity contribution in [2.75, 3.05) is 13.2 Å². The summed E-state index contributed by atoms with van der Waals surface area (Å²) in [6.07, 6.45) is 7.02. The van der Waals surface area contributed by atoms with E-state index in [-0.39, 0.29) is 65.8 Å². The van der Waals surface area contributed by atoms with Crippen molar-refractivity contribution in [1.29, 1.82) is 0 Å². The molecule has 0 radical (unpaired) electrons. The number of likely N-dealkylation sites (tertiary alicyclic amines) is 1. The average Bonchev–Trinajstić information content (AvgIpc) is 3.21. The van der Waals surface area contributed by atoms with Crippen LogP contribution in [-0.2, 0) is 23.8 Å². The Hall–Kier alpha value is -1.47. The summed E-state index contributed by atoms with van der Waals surface area (Å²) >= 11 is 0. The topological polar surface area (TPSA) is 82.1 Å². The number of carbonyl (C=O) groups is 3. The molecule has 0 aromatic rings. The molecule has 7 atom stereocenters. The first kappa shape index (κ1) is 24.2. The number of hydrogen-bond donors (Lipinski definition) is 0. The van der Waals surface area contributed by atoms with E-state index in [0.29, 0.717) is 19.6 Å². The predicted octanol–water partition coefficient (Wildman–Crippen LogP) is 4.51. The second-order valence-corrected chi connectivity index (χ2v) is 12.4. The standard InChI is InChI=1S/C27H41NO6/c1-16-9-10-20-21(28(16)25(31)34-26(2,3)4)13-17(15-27(20)32-11-12-33-27)24-19-8-6-5-7-18(19)22(29)14-23(24)30/h16-21,24H,5-15H2,1-4H3/t16-,17-,18+,19+,20+,21+,24-/m0/s1. The lowest BCUT2D eigenvalue weighted by Crippen LogP contribution is -2.64. The van der Waals surface area contributed by atoms with Crippen molar-refractivity contribution in [3.05, 3.63) is 0 Å². The highest BCUT2D eigenvalue weighted by Crippen LogP contribution is 2.55. The summed E-state index contributed by atoms with van der Waals surface area (Å²) in [5.41, 5.74) is -0.578. The van der Waals surface area contributed by atoms with E-state index in [2.05, 4.69) is 6.92 Å². The predicted molar refractivity (Wildman–Crippen MR) is 125 cm³/mol. The van der Waals surface area contributed by atoms with Gasteiger partial charge in [-0.15, -0.1) is 0 Å². The minimum Gasteiger partial charge on any atom is -0.444 e. The highest BCUT2D eigenvalue weighted by molar-refractivity contribution is 6.04. The molecule has 3 saturated carbocycles. The molecule has 3 aliphatic carbocycles. The number of ether oxygens (including phenoxy) is 3. The van der Waals surface area contributed by atoms with Crippen LogP contribution in [0.4, 0.5) is 4.79 Å². The summed E-state index contributed by atoms with van der Waals surface area (Å²) in [6.45, 7) is 8.86. The maximum atomic E-state index is 13.4. The van der Waals surface area contributed by atoms with Crippen LogP contribution in [-0.4, -0.2) is 59.2 Å². The number of fused-ring (bicyclic) bond motifs is 3. The molecule has 2 aliphatic heterocycles. The number of Topliss-reactive ketones (excluding diaryl/α,β-unsaturated/α-hetero) is 2. The van der Waals surface area contributed by atoms with Gasteiger partial charge in [-0.25, -0.2) is 4.79 Å². The van der Waals surface area contributed by atoms with Crippen molar-refractivity contribution in [3.63, 3.8) is 0 Å². The molecule has 5 fully saturated rings. The van der Waals surface area contributed by atoms with Gasteiger partial charge in [0.1, 0.15) is 17.2 Å². The molecule has 0 bridgehead atoms. The van der Waals surface area contributed by atoms with Crippen LogP contribution in [0.5, 0.6) is 0 Å². The smallest absolute Gasteiger partial charge is 0.410 e. The summed E-state index contributed by atoms with van der Waals surface area (Å²) in [5, 5.41) is 0.